The van der Waals surface area contributed by atoms with Crippen LogP contribution in [0.15, 0.2) is 11.6 Å². The molecule has 4 heteroatoms. The average Bonchev–Trinajstić information content (AvgIpc) is 2.90. The van der Waals surface area contributed by atoms with E-state index in [0.717, 1.165) is 32.1 Å². The molecule has 0 heterocycles. The van der Waals surface area contributed by atoms with E-state index < -0.39 is 5.60 Å². The number of fused-ring (bicyclic) bond motifs is 5. The van der Waals surface area contributed by atoms with Crippen molar-refractivity contribution in [3.63, 3.8) is 0 Å². The molecule has 0 aromatic rings. The predicted molar refractivity (Wildman–Crippen MR) is 106 cm³/mol. The molecule has 0 aliphatic heterocycles. The van der Waals surface area contributed by atoms with E-state index in [4.69, 9.17) is 4.74 Å². The van der Waals surface area contributed by atoms with E-state index in [1.54, 1.807) is 6.92 Å². The smallest absolute Gasteiger partial charge is 0.303 e. The highest BCUT2D eigenvalue weighted by molar-refractivity contribution is 5.92. The molecule has 0 saturated heterocycles. The van der Waals surface area contributed by atoms with Gasteiger partial charge in [0.25, 0.3) is 0 Å². The third-order valence-electron chi connectivity index (χ3n) is 9.29. The lowest BCUT2D eigenvalue weighted by Crippen LogP contribution is -2.59. The van der Waals surface area contributed by atoms with Crippen LogP contribution in [-0.2, 0) is 19.1 Å². The second kappa shape index (κ2) is 6.27. The fraction of sp³-hybridized carbons (Fsp3) is 0.792. The van der Waals surface area contributed by atoms with Crippen molar-refractivity contribution < 1.29 is 19.1 Å². The molecule has 4 aliphatic carbocycles. The zero-order chi connectivity index (χ0) is 20.5. The molecule has 0 radical (unpaired) electrons. The summed E-state index contributed by atoms with van der Waals surface area (Å²) in [6, 6.07) is 0. The molecule has 0 aromatic carbocycles. The molecular formula is C24H34O4. The predicted octanol–water partition coefficient (Wildman–Crippen LogP) is 4.66. The number of Topliss-reactive ketones (excluding diaryl/α,β-unsaturated/α-hetero) is 1. The highest BCUT2D eigenvalue weighted by Gasteiger charge is 2.68. The van der Waals surface area contributed by atoms with E-state index in [2.05, 4.69) is 20.8 Å². The lowest BCUT2D eigenvalue weighted by molar-refractivity contribution is -0.187. The Hall–Kier alpha value is -1.45. The summed E-state index contributed by atoms with van der Waals surface area (Å²) in [5, 5.41) is 0. The molecular weight excluding hydrogens is 352 g/mol. The number of esters is 1. The standard InChI is InChI=1S/C24H34O4/c1-14-12-18-19(22(4)9-6-17(27)13-21(14)22)7-10-23(5)20(18)8-11-24(23,15(2)25)28-16(3)26/h13-14,18-20H,6-12H2,1-5H3/t14?,18?,19?,20?,22-,23+,24+/m0/s1. The van der Waals surface area contributed by atoms with Crippen molar-refractivity contribution in [2.45, 2.75) is 85.2 Å². The maximum Gasteiger partial charge on any atom is 0.303 e. The first-order chi connectivity index (χ1) is 13.0. The van der Waals surface area contributed by atoms with Crippen LogP contribution in [0.2, 0.25) is 0 Å². The molecule has 4 rings (SSSR count). The lowest BCUT2D eigenvalue weighted by Gasteiger charge is -2.60. The van der Waals surface area contributed by atoms with Crippen LogP contribution in [0.3, 0.4) is 0 Å². The summed E-state index contributed by atoms with van der Waals surface area (Å²) in [6.07, 6.45) is 8.19. The topological polar surface area (TPSA) is 60.4 Å². The Labute approximate surface area is 168 Å². The molecule has 0 amide bonds. The van der Waals surface area contributed by atoms with Crippen LogP contribution in [0.1, 0.15) is 79.6 Å². The first-order valence-corrected chi connectivity index (χ1v) is 11.0. The summed E-state index contributed by atoms with van der Waals surface area (Å²) in [5.41, 5.74) is 0.218. The van der Waals surface area contributed by atoms with Crippen molar-refractivity contribution in [2.24, 2.45) is 34.5 Å². The molecule has 0 aromatic heterocycles. The van der Waals surface area contributed by atoms with Gasteiger partial charge in [-0.1, -0.05) is 26.3 Å². The Bertz CT molecular complexity index is 767. The van der Waals surface area contributed by atoms with Crippen molar-refractivity contribution in [1.29, 1.82) is 0 Å². The highest BCUT2D eigenvalue weighted by atomic mass is 16.6. The molecule has 0 spiro atoms. The zero-order valence-electron chi connectivity index (χ0n) is 18.0. The maximum absolute atomic E-state index is 12.8. The largest absolute Gasteiger partial charge is 0.451 e. The number of carbonyl (C=O) groups excluding carboxylic acids is 3. The minimum atomic E-state index is -0.961. The first kappa shape index (κ1) is 19.8. The van der Waals surface area contributed by atoms with Gasteiger partial charge in [0.2, 0.25) is 0 Å². The fourth-order valence-corrected chi connectivity index (χ4v) is 8.05. The van der Waals surface area contributed by atoms with Gasteiger partial charge in [-0.2, -0.15) is 0 Å². The normalized spacial score (nSPS) is 47.5. The van der Waals surface area contributed by atoms with Crippen molar-refractivity contribution >= 4 is 17.5 Å². The molecule has 28 heavy (non-hydrogen) atoms. The minimum Gasteiger partial charge on any atom is -0.451 e. The summed E-state index contributed by atoms with van der Waals surface area (Å²) in [5.74, 6) is 1.82. The van der Waals surface area contributed by atoms with Gasteiger partial charge in [0.1, 0.15) is 0 Å². The SMILES string of the molecule is CC(=O)O[C@@]1(C(C)=O)CCC2C3CC(C)C4=CC(=O)CC[C@@]4(C)C3CC[C@]21C. The van der Waals surface area contributed by atoms with Crippen LogP contribution in [0.25, 0.3) is 0 Å². The van der Waals surface area contributed by atoms with Crippen LogP contribution in [0.5, 0.6) is 0 Å². The van der Waals surface area contributed by atoms with E-state index in [9.17, 15) is 14.4 Å². The molecule has 0 N–H and O–H groups in total. The molecule has 7 atom stereocenters. The summed E-state index contributed by atoms with van der Waals surface area (Å²) in [4.78, 5) is 36.8. The molecule has 4 unspecified atom stereocenters. The number of rotatable bonds is 2. The van der Waals surface area contributed by atoms with Gasteiger partial charge in [-0.25, -0.2) is 0 Å². The van der Waals surface area contributed by atoms with Crippen LogP contribution < -0.4 is 0 Å². The van der Waals surface area contributed by atoms with Crippen LogP contribution in [0.4, 0.5) is 0 Å². The Morgan fingerprint density at radius 2 is 1.75 bits per heavy atom. The summed E-state index contributed by atoms with van der Waals surface area (Å²) in [7, 11) is 0. The maximum atomic E-state index is 12.8. The van der Waals surface area contributed by atoms with E-state index in [1.165, 1.54) is 12.5 Å². The van der Waals surface area contributed by atoms with Gasteiger partial charge in [0.15, 0.2) is 17.2 Å². The van der Waals surface area contributed by atoms with Gasteiger partial charge in [0, 0.05) is 18.8 Å². The third-order valence-corrected chi connectivity index (χ3v) is 9.29. The van der Waals surface area contributed by atoms with Gasteiger partial charge in [0.05, 0.1) is 0 Å². The van der Waals surface area contributed by atoms with Gasteiger partial charge in [-0.3, -0.25) is 14.4 Å². The Balaban J connectivity index is 1.73. The van der Waals surface area contributed by atoms with Gasteiger partial charge < -0.3 is 4.74 Å². The van der Waals surface area contributed by atoms with Gasteiger partial charge in [-0.15, -0.1) is 0 Å². The van der Waals surface area contributed by atoms with E-state index in [1.807, 2.05) is 6.08 Å². The number of carbonyl (C=O) groups is 3. The number of allylic oxidation sites excluding steroid dienone is 1. The summed E-state index contributed by atoms with van der Waals surface area (Å²) in [6.45, 7) is 9.87. The summed E-state index contributed by atoms with van der Waals surface area (Å²) >= 11 is 0. The second-order valence-electron chi connectivity index (χ2n) is 10.5. The van der Waals surface area contributed by atoms with Crippen molar-refractivity contribution in [1.82, 2.24) is 0 Å². The number of ketones is 2. The Kier molecular flexibility index (Phi) is 4.45. The Morgan fingerprint density at radius 1 is 1.07 bits per heavy atom. The zero-order valence-corrected chi connectivity index (χ0v) is 18.0. The molecule has 3 saturated carbocycles. The minimum absolute atomic E-state index is 0.00469. The lowest BCUT2D eigenvalue weighted by atomic mass is 9.44. The van der Waals surface area contributed by atoms with Crippen LogP contribution in [0, 0.1) is 34.5 Å². The molecule has 154 valence electrons. The number of hydrogen-bond donors (Lipinski definition) is 0. The van der Waals surface area contributed by atoms with Crippen molar-refractivity contribution in [2.75, 3.05) is 0 Å². The molecule has 3 fully saturated rings. The average molecular weight is 387 g/mol. The van der Waals surface area contributed by atoms with E-state index >= 15 is 0 Å². The quantitative estimate of drug-likeness (QED) is 0.648. The van der Waals surface area contributed by atoms with Gasteiger partial charge in [-0.05, 0) is 80.6 Å². The first-order valence-electron chi connectivity index (χ1n) is 11.0. The number of hydrogen-bond acceptors (Lipinski definition) is 4. The number of ether oxygens (including phenoxy) is 1. The van der Waals surface area contributed by atoms with Crippen molar-refractivity contribution in [3.05, 3.63) is 11.6 Å². The van der Waals surface area contributed by atoms with Crippen LogP contribution in [-0.4, -0.2) is 23.1 Å². The second-order valence-corrected chi connectivity index (χ2v) is 10.5. The fourth-order valence-electron chi connectivity index (χ4n) is 8.05. The van der Waals surface area contributed by atoms with E-state index in [-0.39, 0.29) is 28.4 Å². The monoisotopic (exact) mass is 386 g/mol. The van der Waals surface area contributed by atoms with E-state index in [0.29, 0.717) is 36.5 Å². The molecule has 4 nitrogen and oxygen atoms in total. The van der Waals surface area contributed by atoms with Gasteiger partial charge >= 0.3 is 5.97 Å². The Morgan fingerprint density at radius 3 is 2.39 bits per heavy atom. The highest BCUT2D eigenvalue weighted by Crippen LogP contribution is 2.69. The van der Waals surface area contributed by atoms with Crippen molar-refractivity contribution in [3.8, 4) is 0 Å². The molecule has 4 aliphatic rings. The molecule has 0 bridgehead atoms. The van der Waals surface area contributed by atoms with Crippen LogP contribution >= 0.6 is 0 Å². The third kappa shape index (κ3) is 2.45. The summed E-state index contributed by atoms with van der Waals surface area (Å²) < 4.78 is 5.84.